The summed E-state index contributed by atoms with van der Waals surface area (Å²) in [5.41, 5.74) is 9.98. The van der Waals surface area contributed by atoms with Crippen molar-refractivity contribution in [1.82, 2.24) is 15.4 Å². The van der Waals surface area contributed by atoms with Gasteiger partial charge < -0.3 is 20.2 Å². The second-order valence-electron chi connectivity index (χ2n) is 5.81. The molecule has 0 unspecified atom stereocenters. The van der Waals surface area contributed by atoms with E-state index in [9.17, 15) is 9.59 Å². The first kappa shape index (κ1) is 20.2. The molecule has 2 amide bonds. The molecular weight excluding hydrogens is 394 g/mol. The Morgan fingerprint density at radius 3 is 2.86 bits per heavy atom. The Kier molecular flexibility index (Phi) is 6.69. The van der Waals surface area contributed by atoms with E-state index in [4.69, 9.17) is 15.2 Å². The summed E-state index contributed by atoms with van der Waals surface area (Å²) in [7, 11) is 1.48. The number of H-pyrrole nitrogens is 1. The average Bonchev–Trinajstić information content (AvgIpc) is 3.14. The van der Waals surface area contributed by atoms with Crippen molar-refractivity contribution in [2.75, 3.05) is 19.5 Å². The van der Waals surface area contributed by atoms with E-state index in [1.54, 1.807) is 18.2 Å². The molecule has 0 aliphatic heterocycles. The molecule has 0 aliphatic carbocycles. The lowest BCUT2D eigenvalue weighted by Crippen LogP contribution is -2.20. The number of amides is 2. The lowest BCUT2D eigenvalue weighted by atomic mass is 10.2. The van der Waals surface area contributed by atoms with Gasteiger partial charge in [0.1, 0.15) is 0 Å². The number of thioether (sulfide) groups is 1. The van der Waals surface area contributed by atoms with Crippen molar-refractivity contribution >= 4 is 40.8 Å². The number of methoxy groups -OCH3 is 1. The number of aromatic amines is 1. The van der Waals surface area contributed by atoms with Crippen LogP contribution in [0.3, 0.4) is 0 Å². The van der Waals surface area contributed by atoms with Gasteiger partial charge in [0.05, 0.1) is 30.1 Å². The number of benzene rings is 2. The number of nitrogens with two attached hydrogens (primary N) is 1. The summed E-state index contributed by atoms with van der Waals surface area (Å²) in [6.07, 6.45) is 1.48. The first-order chi connectivity index (χ1) is 14.0. The first-order valence-corrected chi connectivity index (χ1v) is 9.52. The van der Waals surface area contributed by atoms with Gasteiger partial charge in [-0.15, -0.1) is 0 Å². The fraction of sp³-hybridized carbons (Fsp3) is 0.158. The van der Waals surface area contributed by atoms with E-state index in [1.807, 2.05) is 24.3 Å². The molecule has 10 heteroatoms. The SMILES string of the molecule is COc1cc(C=NNC(=O)CSc2nc3ccccc3[nH]2)ccc1OCC(N)=O. The smallest absolute Gasteiger partial charge is 0.255 e. The molecule has 0 spiro atoms. The molecule has 0 fully saturated rings. The molecule has 9 nitrogen and oxygen atoms in total. The monoisotopic (exact) mass is 413 g/mol. The number of hydrazone groups is 1. The van der Waals surface area contributed by atoms with Crippen LogP contribution in [0.1, 0.15) is 5.56 Å². The number of carbonyl (C=O) groups excluding carboxylic acids is 2. The fourth-order valence-corrected chi connectivity index (χ4v) is 3.05. The molecule has 4 N–H and O–H groups in total. The minimum atomic E-state index is -0.582. The Bertz CT molecular complexity index is 1020. The predicted octanol–water partition coefficient (Wildman–Crippen LogP) is 1.68. The van der Waals surface area contributed by atoms with Crippen LogP contribution in [0.25, 0.3) is 11.0 Å². The molecule has 0 radical (unpaired) electrons. The zero-order chi connectivity index (χ0) is 20.6. The van der Waals surface area contributed by atoms with Gasteiger partial charge in [0, 0.05) is 0 Å². The average molecular weight is 413 g/mol. The van der Waals surface area contributed by atoms with Crippen LogP contribution in [0.5, 0.6) is 11.5 Å². The van der Waals surface area contributed by atoms with E-state index in [0.29, 0.717) is 22.2 Å². The predicted molar refractivity (Wildman–Crippen MR) is 110 cm³/mol. The Hall–Kier alpha value is -3.53. The van der Waals surface area contributed by atoms with Gasteiger partial charge in [0.25, 0.3) is 11.8 Å². The topological polar surface area (TPSA) is 132 Å². The number of nitrogens with one attached hydrogen (secondary N) is 2. The maximum absolute atomic E-state index is 12.0. The van der Waals surface area contributed by atoms with Crippen LogP contribution < -0.4 is 20.6 Å². The molecule has 0 saturated heterocycles. The number of primary amides is 1. The molecule has 2 aromatic carbocycles. The third kappa shape index (κ3) is 5.72. The van der Waals surface area contributed by atoms with Crippen LogP contribution in [0.4, 0.5) is 0 Å². The molecule has 0 aliphatic rings. The first-order valence-electron chi connectivity index (χ1n) is 8.54. The highest BCUT2D eigenvalue weighted by molar-refractivity contribution is 7.99. The number of para-hydroxylation sites is 2. The maximum Gasteiger partial charge on any atom is 0.255 e. The van der Waals surface area contributed by atoms with Gasteiger partial charge in [-0.1, -0.05) is 23.9 Å². The summed E-state index contributed by atoms with van der Waals surface area (Å²) >= 11 is 1.29. The van der Waals surface area contributed by atoms with Gasteiger partial charge in [-0.05, 0) is 35.9 Å². The molecular formula is C19H19N5O4S. The van der Waals surface area contributed by atoms with Gasteiger partial charge in [-0.2, -0.15) is 5.10 Å². The van der Waals surface area contributed by atoms with E-state index in [-0.39, 0.29) is 18.3 Å². The molecule has 1 aromatic heterocycles. The molecule has 150 valence electrons. The summed E-state index contributed by atoms with van der Waals surface area (Å²) in [6.45, 7) is -0.247. The number of nitrogens with zero attached hydrogens (tertiary/aromatic N) is 2. The number of hydrogen-bond donors (Lipinski definition) is 3. The van der Waals surface area contributed by atoms with E-state index < -0.39 is 5.91 Å². The number of imidazole rings is 1. The van der Waals surface area contributed by atoms with Gasteiger partial charge >= 0.3 is 0 Å². The molecule has 0 bridgehead atoms. The third-order valence-corrected chi connectivity index (χ3v) is 4.54. The summed E-state index contributed by atoms with van der Waals surface area (Å²) in [4.78, 5) is 30.3. The number of rotatable bonds is 9. The standard InChI is InChI=1S/C19H19N5O4S/c1-27-16-8-12(6-7-15(16)28-10-17(20)25)9-21-24-18(26)11-29-19-22-13-4-2-3-5-14(13)23-19/h2-9H,10-11H2,1H3,(H2,20,25)(H,22,23)(H,24,26). The fourth-order valence-electron chi connectivity index (χ4n) is 2.38. The van der Waals surface area contributed by atoms with Gasteiger partial charge in [0.2, 0.25) is 0 Å². The zero-order valence-electron chi connectivity index (χ0n) is 15.5. The Labute approximate surface area is 170 Å². The van der Waals surface area contributed by atoms with Crippen LogP contribution in [-0.2, 0) is 9.59 Å². The second kappa shape index (κ2) is 9.60. The van der Waals surface area contributed by atoms with Crippen molar-refractivity contribution in [3.8, 4) is 11.5 Å². The number of aromatic nitrogens is 2. The lowest BCUT2D eigenvalue weighted by molar-refractivity contribution is -0.120. The van der Waals surface area contributed by atoms with Crippen molar-refractivity contribution in [3.05, 3.63) is 48.0 Å². The molecule has 29 heavy (non-hydrogen) atoms. The Morgan fingerprint density at radius 1 is 1.28 bits per heavy atom. The number of carbonyl (C=O) groups is 2. The van der Waals surface area contributed by atoms with Crippen molar-refractivity contribution in [3.63, 3.8) is 0 Å². The van der Waals surface area contributed by atoms with E-state index in [0.717, 1.165) is 11.0 Å². The van der Waals surface area contributed by atoms with Gasteiger partial charge in [-0.25, -0.2) is 10.4 Å². The third-order valence-electron chi connectivity index (χ3n) is 3.67. The molecule has 3 rings (SSSR count). The summed E-state index contributed by atoms with van der Waals surface area (Å²) in [6, 6.07) is 12.6. The summed E-state index contributed by atoms with van der Waals surface area (Å²) < 4.78 is 10.5. The zero-order valence-corrected chi connectivity index (χ0v) is 16.4. The van der Waals surface area contributed by atoms with Crippen LogP contribution in [-0.4, -0.2) is 47.5 Å². The van der Waals surface area contributed by atoms with Crippen molar-refractivity contribution in [2.24, 2.45) is 10.8 Å². The summed E-state index contributed by atoms with van der Waals surface area (Å²) in [5, 5.41) is 4.61. The number of fused-ring (bicyclic) bond motifs is 1. The molecule has 0 atom stereocenters. The number of ether oxygens (including phenoxy) is 2. The van der Waals surface area contributed by atoms with Crippen LogP contribution in [0, 0.1) is 0 Å². The highest BCUT2D eigenvalue weighted by Crippen LogP contribution is 2.27. The largest absolute Gasteiger partial charge is 0.493 e. The van der Waals surface area contributed by atoms with Crippen molar-refractivity contribution < 1.29 is 19.1 Å². The normalized spacial score (nSPS) is 10.9. The van der Waals surface area contributed by atoms with E-state index in [1.165, 1.54) is 25.1 Å². The highest BCUT2D eigenvalue weighted by atomic mass is 32.2. The van der Waals surface area contributed by atoms with Crippen molar-refractivity contribution in [1.29, 1.82) is 0 Å². The van der Waals surface area contributed by atoms with Crippen molar-refractivity contribution in [2.45, 2.75) is 5.16 Å². The molecule has 1 heterocycles. The second-order valence-corrected chi connectivity index (χ2v) is 6.77. The minimum Gasteiger partial charge on any atom is -0.493 e. The van der Waals surface area contributed by atoms with E-state index >= 15 is 0 Å². The lowest BCUT2D eigenvalue weighted by Gasteiger charge is -2.09. The molecule has 3 aromatic rings. The highest BCUT2D eigenvalue weighted by Gasteiger charge is 2.08. The Balaban J connectivity index is 1.51. The van der Waals surface area contributed by atoms with Crippen LogP contribution in [0.15, 0.2) is 52.7 Å². The maximum atomic E-state index is 12.0. The van der Waals surface area contributed by atoms with Crippen LogP contribution in [0.2, 0.25) is 0 Å². The van der Waals surface area contributed by atoms with E-state index in [2.05, 4.69) is 20.5 Å². The quantitative estimate of drug-likeness (QED) is 0.278. The number of hydrogen-bond acceptors (Lipinski definition) is 7. The van der Waals surface area contributed by atoms with Crippen LogP contribution >= 0.6 is 11.8 Å². The summed E-state index contributed by atoms with van der Waals surface area (Å²) in [5.74, 6) is 0.123. The van der Waals surface area contributed by atoms with Gasteiger partial charge in [0.15, 0.2) is 23.3 Å². The Morgan fingerprint density at radius 2 is 2.10 bits per heavy atom. The minimum absolute atomic E-state index is 0.167. The van der Waals surface area contributed by atoms with Gasteiger partial charge in [-0.3, -0.25) is 9.59 Å². The molecule has 0 saturated carbocycles.